The van der Waals surface area contributed by atoms with Crippen LogP contribution in [0.3, 0.4) is 0 Å². The van der Waals surface area contributed by atoms with Crippen molar-refractivity contribution in [2.45, 2.75) is 6.42 Å². The summed E-state index contributed by atoms with van der Waals surface area (Å²) >= 11 is 1.77. The third-order valence-corrected chi connectivity index (χ3v) is 5.86. The third kappa shape index (κ3) is 3.32. The Morgan fingerprint density at radius 2 is 1.88 bits per heavy atom. The predicted molar refractivity (Wildman–Crippen MR) is 104 cm³/mol. The van der Waals surface area contributed by atoms with Gasteiger partial charge in [-0.2, -0.15) is 0 Å². The highest BCUT2D eigenvalue weighted by Crippen LogP contribution is 2.37. The molecule has 0 atom stereocenters. The first-order valence-electron chi connectivity index (χ1n) is 8.57. The highest BCUT2D eigenvalue weighted by molar-refractivity contribution is 7.22. The van der Waals surface area contributed by atoms with E-state index in [0.29, 0.717) is 0 Å². The van der Waals surface area contributed by atoms with Gasteiger partial charge in [-0.15, -0.1) is 11.3 Å². The molecule has 2 aromatic heterocycles. The van der Waals surface area contributed by atoms with E-state index in [2.05, 4.69) is 45.0 Å². The topological polar surface area (TPSA) is 41.5 Å². The van der Waals surface area contributed by atoms with Crippen LogP contribution < -0.4 is 9.64 Å². The van der Waals surface area contributed by atoms with Crippen molar-refractivity contribution >= 4 is 27.4 Å². The summed E-state index contributed by atoms with van der Waals surface area (Å²) in [5.41, 5.74) is 2.21. The lowest BCUT2D eigenvalue weighted by Gasteiger charge is -2.21. The second-order valence-corrected chi connectivity index (χ2v) is 7.45. The van der Waals surface area contributed by atoms with Gasteiger partial charge in [-0.05, 0) is 55.9 Å². The molecule has 130 valence electrons. The highest BCUT2D eigenvalue weighted by atomic mass is 32.1. The van der Waals surface area contributed by atoms with Crippen molar-refractivity contribution < 1.29 is 4.74 Å². The molecule has 1 saturated heterocycles. The molecule has 0 spiro atoms. The molecule has 4 rings (SSSR count). The summed E-state index contributed by atoms with van der Waals surface area (Å²) in [7, 11) is 3.88. The van der Waals surface area contributed by atoms with Crippen LogP contribution in [0.5, 0.6) is 5.75 Å². The first-order valence-corrected chi connectivity index (χ1v) is 9.39. The number of fused-ring (bicyclic) bond motifs is 1. The Kier molecular flexibility index (Phi) is 4.55. The molecule has 6 heteroatoms. The van der Waals surface area contributed by atoms with Gasteiger partial charge in [-0.25, -0.2) is 9.97 Å². The number of aromatic nitrogens is 2. The molecule has 0 saturated carbocycles. The molecule has 0 amide bonds. The van der Waals surface area contributed by atoms with E-state index in [-0.39, 0.29) is 0 Å². The number of ether oxygens (including phenoxy) is 1. The summed E-state index contributed by atoms with van der Waals surface area (Å²) in [5, 5.41) is 0. The zero-order valence-electron chi connectivity index (χ0n) is 14.6. The van der Waals surface area contributed by atoms with Gasteiger partial charge in [0.2, 0.25) is 0 Å². The minimum absolute atomic E-state index is 0.874. The van der Waals surface area contributed by atoms with Crippen LogP contribution in [-0.2, 0) is 0 Å². The van der Waals surface area contributed by atoms with E-state index < -0.39 is 0 Å². The van der Waals surface area contributed by atoms with Crippen molar-refractivity contribution in [2.75, 3.05) is 45.2 Å². The van der Waals surface area contributed by atoms with E-state index in [1.165, 1.54) is 21.6 Å². The summed E-state index contributed by atoms with van der Waals surface area (Å²) in [4.78, 5) is 15.1. The first-order chi connectivity index (χ1) is 12.2. The molecule has 1 aliphatic heterocycles. The minimum Gasteiger partial charge on any atom is -0.497 e. The summed E-state index contributed by atoms with van der Waals surface area (Å²) in [5.74, 6) is 1.95. The number of rotatable bonds is 3. The minimum atomic E-state index is 0.874. The molecule has 0 radical (unpaired) electrons. The van der Waals surface area contributed by atoms with Crippen molar-refractivity contribution in [3.63, 3.8) is 0 Å². The number of hydrogen-bond acceptors (Lipinski definition) is 6. The number of anilines is 1. The lowest BCUT2D eigenvalue weighted by atomic mass is 10.2. The van der Waals surface area contributed by atoms with E-state index in [1.54, 1.807) is 24.8 Å². The normalized spacial score (nSPS) is 16.2. The summed E-state index contributed by atoms with van der Waals surface area (Å²) in [6.45, 7) is 4.28. The molecule has 0 aliphatic carbocycles. The predicted octanol–water partition coefficient (Wildman–Crippen LogP) is 3.51. The molecule has 1 aromatic carbocycles. The third-order valence-electron chi connectivity index (χ3n) is 4.69. The van der Waals surface area contributed by atoms with Crippen LogP contribution in [0, 0.1) is 0 Å². The van der Waals surface area contributed by atoms with Crippen molar-refractivity contribution in [3.05, 3.63) is 36.7 Å². The molecule has 3 aromatic rings. The van der Waals surface area contributed by atoms with Gasteiger partial charge in [0.1, 0.15) is 17.9 Å². The maximum absolute atomic E-state index is 5.25. The Balaban J connectivity index is 1.70. The van der Waals surface area contributed by atoms with Crippen LogP contribution in [0.15, 0.2) is 36.7 Å². The fourth-order valence-corrected chi connectivity index (χ4v) is 4.36. The van der Waals surface area contributed by atoms with Crippen LogP contribution in [0.2, 0.25) is 0 Å². The number of methoxy groups -OCH3 is 1. The Morgan fingerprint density at radius 1 is 1.04 bits per heavy atom. The smallest absolute Gasteiger partial charge is 0.150 e. The number of hydrogen-bond donors (Lipinski definition) is 0. The Bertz CT molecular complexity index is 861. The number of likely N-dealkylation sites (N-methyl/N-ethyl adjacent to an activating group) is 1. The number of nitrogens with zero attached hydrogens (tertiary/aromatic N) is 4. The lowest BCUT2D eigenvalue weighted by molar-refractivity contribution is 0.360. The zero-order valence-corrected chi connectivity index (χ0v) is 15.4. The SMILES string of the molecule is COc1ccc(-c2cc3ncnc(N4CCCN(C)CC4)c3s2)cc1. The summed E-state index contributed by atoms with van der Waals surface area (Å²) in [6, 6.07) is 10.3. The van der Waals surface area contributed by atoms with Crippen LogP contribution >= 0.6 is 11.3 Å². The second kappa shape index (κ2) is 6.98. The molecule has 0 N–H and O–H groups in total. The maximum Gasteiger partial charge on any atom is 0.150 e. The Morgan fingerprint density at radius 3 is 2.68 bits per heavy atom. The first kappa shape index (κ1) is 16.3. The molecule has 1 fully saturated rings. The average Bonchev–Trinajstić information content (AvgIpc) is 2.97. The second-order valence-electron chi connectivity index (χ2n) is 6.39. The monoisotopic (exact) mass is 354 g/mol. The molecule has 0 unspecified atom stereocenters. The van der Waals surface area contributed by atoms with E-state index in [0.717, 1.165) is 43.3 Å². The van der Waals surface area contributed by atoms with Crippen LogP contribution in [-0.4, -0.2) is 55.2 Å². The van der Waals surface area contributed by atoms with Gasteiger partial charge in [-0.1, -0.05) is 0 Å². The molecule has 1 aliphatic rings. The quantitative estimate of drug-likeness (QED) is 0.720. The molecule has 3 heterocycles. The Hall–Kier alpha value is -2.18. The van der Waals surface area contributed by atoms with Gasteiger partial charge in [0.25, 0.3) is 0 Å². The van der Waals surface area contributed by atoms with Gasteiger partial charge >= 0.3 is 0 Å². The maximum atomic E-state index is 5.25. The fourth-order valence-electron chi connectivity index (χ4n) is 3.22. The van der Waals surface area contributed by atoms with E-state index in [9.17, 15) is 0 Å². The van der Waals surface area contributed by atoms with E-state index in [4.69, 9.17) is 4.74 Å². The van der Waals surface area contributed by atoms with Crippen molar-refractivity contribution in [3.8, 4) is 16.2 Å². The van der Waals surface area contributed by atoms with Gasteiger partial charge in [0, 0.05) is 24.5 Å². The largest absolute Gasteiger partial charge is 0.497 e. The zero-order chi connectivity index (χ0) is 17.2. The van der Waals surface area contributed by atoms with Gasteiger partial charge < -0.3 is 14.5 Å². The van der Waals surface area contributed by atoms with Crippen LogP contribution in [0.25, 0.3) is 20.7 Å². The van der Waals surface area contributed by atoms with Crippen molar-refractivity contribution in [1.29, 1.82) is 0 Å². The molecular formula is C19H22N4OS. The molecule has 5 nitrogen and oxygen atoms in total. The number of thiophene rings is 1. The Labute approximate surface area is 151 Å². The van der Waals surface area contributed by atoms with Gasteiger partial charge in [0.05, 0.1) is 17.3 Å². The molecule has 25 heavy (non-hydrogen) atoms. The van der Waals surface area contributed by atoms with E-state index in [1.807, 2.05) is 12.1 Å². The average molecular weight is 354 g/mol. The fraction of sp³-hybridized carbons (Fsp3) is 0.368. The standard InChI is InChI=1S/C19H22N4OS/c1-22-8-3-9-23(11-10-22)19-18-16(20-13-21-19)12-17(25-18)14-4-6-15(24-2)7-5-14/h4-7,12-13H,3,8-11H2,1-2H3. The summed E-state index contributed by atoms with van der Waals surface area (Å²) < 4.78 is 6.43. The number of benzene rings is 1. The van der Waals surface area contributed by atoms with Crippen molar-refractivity contribution in [1.82, 2.24) is 14.9 Å². The highest BCUT2D eigenvalue weighted by Gasteiger charge is 2.18. The molecular weight excluding hydrogens is 332 g/mol. The lowest BCUT2D eigenvalue weighted by Crippen LogP contribution is -2.29. The van der Waals surface area contributed by atoms with Crippen molar-refractivity contribution in [2.24, 2.45) is 0 Å². The van der Waals surface area contributed by atoms with Crippen LogP contribution in [0.1, 0.15) is 6.42 Å². The van der Waals surface area contributed by atoms with Gasteiger partial charge in [-0.3, -0.25) is 0 Å². The van der Waals surface area contributed by atoms with E-state index >= 15 is 0 Å². The summed E-state index contributed by atoms with van der Waals surface area (Å²) in [6.07, 6.45) is 2.86. The van der Waals surface area contributed by atoms with Crippen LogP contribution in [0.4, 0.5) is 5.82 Å². The molecule has 0 bridgehead atoms. The van der Waals surface area contributed by atoms with Gasteiger partial charge in [0.15, 0.2) is 0 Å².